The first kappa shape index (κ1) is 23.5. The molecule has 0 aromatic heterocycles. The van der Waals surface area contributed by atoms with E-state index in [4.69, 9.17) is 20.9 Å². The van der Waals surface area contributed by atoms with Crippen LogP contribution < -0.4 is 22.1 Å². The van der Waals surface area contributed by atoms with Gasteiger partial charge in [0.2, 0.25) is 11.8 Å². The summed E-state index contributed by atoms with van der Waals surface area (Å²) in [5, 5.41) is 5.58. The number of nitrogens with one attached hydrogen (secondary N) is 2. The molecule has 0 saturated carbocycles. The molecule has 8 nitrogen and oxygen atoms in total. The molecule has 2 unspecified atom stereocenters. The number of rotatable bonds is 15. The first-order valence-electron chi connectivity index (χ1n) is 8.03. The number of nitrogens with two attached hydrogens (primary N) is 2. The first-order valence-corrected chi connectivity index (χ1v) is 10.5. The van der Waals surface area contributed by atoms with Crippen molar-refractivity contribution >= 4 is 33.4 Å². The summed E-state index contributed by atoms with van der Waals surface area (Å²) in [6, 6.07) is 0. The van der Waals surface area contributed by atoms with Crippen LogP contribution in [-0.4, -0.2) is 62.1 Å². The molecule has 2 amide bonds. The zero-order valence-corrected chi connectivity index (χ0v) is 16.0. The molecule has 0 aliphatic heterocycles. The highest BCUT2D eigenvalue weighted by Gasteiger charge is 2.15. The van der Waals surface area contributed by atoms with E-state index in [1.165, 1.54) is 0 Å². The Morgan fingerprint density at radius 3 is 1.54 bits per heavy atom. The van der Waals surface area contributed by atoms with E-state index in [0.29, 0.717) is 37.8 Å². The van der Waals surface area contributed by atoms with Crippen LogP contribution in [0.2, 0.25) is 0 Å². The molecule has 0 bridgehead atoms. The first-order chi connectivity index (χ1) is 11.6. The molecule has 142 valence electrons. The van der Waals surface area contributed by atoms with Gasteiger partial charge in [-0.05, 0) is 13.8 Å². The maximum Gasteiger partial charge on any atom is 0.223 e. The summed E-state index contributed by atoms with van der Waals surface area (Å²) in [5.41, 5.74) is 10.7. The summed E-state index contributed by atoms with van der Waals surface area (Å²) in [6.45, 7) is 5.39. The Morgan fingerprint density at radius 1 is 0.875 bits per heavy atom. The average molecular weight is 383 g/mol. The molecule has 0 aliphatic carbocycles. The fraction of sp³-hybridized carbons (Fsp3) is 0.857. The van der Waals surface area contributed by atoms with Crippen LogP contribution in [0.15, 0.2) is 0 Å². The van der Waals surface area contributed by atoms with E-state index in [0.717, 1.165) is 0 Å². The minimum Gasteiger partial charge on any atom is -0.358 e. The van der Waals surface area contributed by atoms with Crippen molar-refractivity contribution in [1.82, 2.24) is 10.6 Å². The fourth-order valence-corrected chi connectivity index (χ4v) is 3.77. The average Bonchev–Trinajstić information content (AvgIpc) is 2.52. The van der Waals surface area contributed by atoms with Crippen LogP contribution in [0.4, 0.5) is 0 Å². The van der Waals surface area contributed by atoms with E-state index in [9.17, 15) is 9.59 Å². The molecule has 0 aliphatic rings. The molecule has 0 rings (SSSR count). The van der Waals surface area contributed by atoms with Gasteiger partial charge in [0, 0.05) is 50.7 Å². The van der Waals surface area contributed by atoms with Crippen LogP contribution in [0.1, 0.15) is 26.7 Å². The molecule has 10 heteroatoms. The lowest BCUT2D eigenvalue weighted by Gasteiger charge is -2.20. The van der Waals surface area contributed by atoms with Gasteiger partial charge in [-0.1, -0.05) is 21.6 Å². The van der Waals surface area contributed by atoms with Gasteiger partial charge in [-0.15, -0.1) is 0 Å². The van der Waals surface area contributed by atoms with E-state index in [-0.39, 0.29) is 37.1 Å². The molecule has 0 spiro atoms. The van der Waals surface area contributed by atoms with Gasteiger partial charge in [-0.2, -0.15) is 0 Å². The Hall–Kier alpha value is -0.520. The molecule has 6 N–H and O–H groups in total. The van der Waals surface area contributed by atoms with Crippen molar-refractivity contribution < 1.29 is 19.1 Å². The van der Waals surface area contributed by atoms with Gasteiger partial charge in [0.25, 0.3) is 0 Å². The Morgan fingerprint density at radius 2 is 1.25 bits per heavy atom. The topological polar surface area (TPSA) is 129 Å². The Balaban J connectivity index is 4.12. The van der Waals surface area contributed by atoms with Crippen molar-refractivity contribution in [2.45, 2.75) is 39.1 Å². The minimum atomic E-state index is -0.357. The van der Waals surface area contributed by atoms with Crippen molar-refractivity contribution in [3.63, 3.8) is 0 Å². The second-order valence-electron chi connectivity index (χ2n) is 4.67. The SMILES string of the molecule is CCOC(CSSCC(NC(=O)CCN)OCC)NC(=O)CCN. The fourth-order valence-electron chi connectivity index (χ4n) is 1.65. The van der Waals surface area contributed by atoms with Gasteiger partial charge in [-0.25, -0.2) is 0 Å². The van der Waals surface area contributed by atoms with E-state index in [1.54, 1.807) is 21.6 Å². The largest absolute Gasteiger partial charge is 0.358 e. The lowest BCUT2D eigenvalue weighted by molar-refractivity contribution is -0.125. The molecule has 0 saturated heterocycles. The summed E-state index contributed by atoms with van der Waals surface area (Å²) in [6.07, 6.45) is -0.157. The Labute approximate surface area is 151 Å². The second-order valence-corrected chi connectivity index (χ2v) is 7.22. The predicted molar refractivity (Wildman–Crippen MR) is 99.4 cm³/mol. The van der Waals surface area contributed by atoms with Gasteiger partial charge in [0.15, 0.2) is 0 Å². The smallest absolute Gasteiger partial charge is 0.223 e. The zero-order chi connectivity index (χ0) is 18.2. The van der Waals surface area contributed by atoms with E-state index in [1.807, 2.05) is 13.8 Å². The van der Waals surface area contributed by atoms with Crippen LogP contribution >= 0.6 is 21.6 Å². The van der Waals surface area contributed by atoms with E-state index >= 15 is 0 Å². The van der Waals surface area contributed by atoms with Crippen molar-refractivity contribution in [1.29, 1.82) is 0 Å². The van der Waals surface area contributed by atoms with Crippen LogP contribution in [0.25, 0.3) is 0 Å². The van der Waals surface area contributed by atoms with Gasteiger partial charge in [0.1, 0.15) is 12.5 Å². The molecule has 0 aromatic carbocycles. The number of carbonyl (C=O) groups excluding carboxylic acids is 2. The molecule has 0 radical (unpaired) electrons. The molecule has 0 heterocycles. The highest BCUT2D eigenvalue weighted by molar-refractivity contribution is 8.76. The second kappa shape index (κ2) is 16.0. The summed E-state index contributed by atoms with van der Waals surface area (Å²) in [4.78, 5) is 23.1. The third-order valence-electron chi connectivity index (χ3n) is 2.64. The number of hydrogen-bond acceptors (Lipinski definition) is 8. The maximum absolute atomic E-state index is 11.6. The number of carbonyl (C=O) groups is 2. The van der Waals surface area contributed by atoms with Crippen molar-refractivity contribution in [2.75, 3.05) is 37.8 Å². The third-order valence-corrected chi connectivity index (χ3v) is 5.01. The highest BCUT2D eigenvalue weighted by atomic mass is 33.1. The maximum atomic E-state index is 11.6. The van der Waals surface area contributed by atoms with Gasteiger partial charge in [0.05, 0.1) is 0 Å². The molecule has 2 atom stereocenters. The predicted octanol–water partition coefficient (Wildman–Crippen LogP) is 0.0230. The summed E-state index contributed by atoms with van der Waals surface area (Å²) in [7, 11) is 3.09. The highest BCUT2D eigenvalue weighted by Crippen LogP contribution is 2.23. The summed E-state index contributed by atoms with van der Waals surface area (Å²) < 4.78 is 11.0. The van der Waals surface area contributed by atoms with Crippen molar-refractivity contribution in [3.05, 3.63) is 0 Å². The monoisotopic (exact) mass is 382 g/mol. The minimum absolute atomic E-state index is 0.122. The van der Waals surface area contributed by atoms with Crippen LogP contribution in [0.3, 0.4) is 0 Å². The Kier molecular flexibility index (Phi) is 15.6. The van der Waals surface area contributed by atoms with Gasteiger partial charge >= 0.3 is 0 Å². The lowest BCUT2D eigenvalue weighted by Crippen LogP contribution is -2.40. The van der Waals surface area contributed by atoms with E-state index < -0.39 is 0 Å². The molecular weight excluding hydrogens is 352 g/mol. The molecule has 0 aromatic rings. The Bertz CT molecular complexity index is 319. The van der Waals surface area contributed by atoms with Crippen molar-refractivity contribution in [3.8, 4) is 0 Å². The normalized spacial score (nSPS) is 13.3. The lowest BCUT2D eigenvalue weighted by atomic mass is 10.4. The third kappa shape index (κ3) is 12.8. The summed E-state index contributed by atoms with van der Waals surface area (Å²) >= 11 is 0. The van der Waals surface area contributed by atoms with Crippen molar-refractivity contribution in [2.24, 2.45) is 11.5 Å². The standard InChI is InChI=1S/C14H30N4O4S2/c1-3-21-13(17-11(19)5-7-15)9-23-24-10-14(22-4-2)18-12(20)6-8-16/h13-14H,3-10,15-16H2,1-2H3,(H,17,19)(H,18,20). The number of ether oxygens (including phenoxy) is 2. The molecular formula is C14H30N4O4S2. The van der Waals surface area contributed by atoms with E-state index in [2.05, 4.69) is 10.6 Å². The van der Waals surface area contributed by atoms with Gasteiger partial charge in [-0.3, -0.25) is 9.59 Å². The quantitative estimate of drug-likeness (QED) is 0.177. The zero-order valence-electron chi connectivity index (χ0n) is 14.4. The van der Waals surface area contributed by atoms with Crippen LogP contribution in [0, 0.1) is 0 Å². The van der Waals surface area contributed by atoms with Crippen LogP contribution in [-0.2, 0) is 19.1 Å². The van der Waals surface area contributed by atoms with Gasteiger partial charge < -0.3 is 31.6 Å². The summed E-state index contributed by atoms with van der Waals surface area (Å²) in [5.74, 6) is 0.931. The number of hydrogen-bond donors (Lipinski definition) is 4. The molecule has 0 fully saturated rings. The molecule has 24 heavy (non-hydrogen) atoms. The van der Waals surface area contributed by atoms with Crippen LogP contribution in [0.5, 0.6) is 0 Å². The number of amides is 2.